The first-order chi connectivity index (χ1) is 10.8. The Morgan fingerprint density at radius 3 is 2.48 bits per heavy atom. The molecule has 0 saturated heterocycles. The molecule has 1 aliphatic carbocycles. The van der Waals surface area contributed by atoms with E-state index < -0.39 is 11.9 Å². The number of alkyl halides is 3. The monoisotopic (exact) mass is 326 g/mol. The van der Waals surface area contributed by atoms with Crippen LogP contribution in [0.3, 0.4) is 0 Å². The minimum Gasteiger partial charge on any atom is -0.335 e. The molecule has 2 aromatic heterocycles. The van der Waals surface area contributed by atoms with Gasteiger partial charge in [-0.3, -0.25) is 4.68 Å². The lowest BCUT2D eigenvalue weighted by molar-refractivity contribution is -0.141. The van der Waals surface area contributed by atoms with Crippen molar-refractivity contribution in [1.29, 1.82) is 0 Å². The standard InChI is InChI=1S/C16H21F3N4/c1-10(2)22-8-13(20-9-22)6-11(3)23-14(12-4-5-12)7-15(21-23)16(17,18)19/h7-12H,4-6H2,1-3H3. The zero-order chi connectivity index (χ0) is 16.8. The summed E-state index contributed by atoms with van der Waals surface area (Å²) in [5, 5.41) is 3.84. The lowest BCUT2D eigenvalue weighted by Crippen LogP contribution is -2.14. The molecule has 1 aliphatic rings. The summed E-state index contributed by atoms with van der Waals surface area (Å²) in [5.41, 5.74) is 0.782. The molecule has 1 unspecified atom stereocenters. The number of hydrogen-bond acceptors (Lipinski definition) is 2. The fraction of sp³-hybridized carbons (Fsp3) is 0.625. The number of halogens is 3. The third-order valence-electron chi connectivity index (χ3n) is 4.22. The van der Waals surface area contributed by atoms with Gasteiger partial charge in [0.15, 0.2) is 5.69 Å². The molecule has 126 valence electrons. The van der Waals surface area contributed by atoms with E-state index in [4.69, 9.17) is 0 Å². The van der Waals surface area contributed by atoms with Crippen LogP contribution in [0.15, 0.2) is 18.6 Å². The Labute approximate surface area is 133 Å². The van der Waals surface area contributed by atoms with Crippen molar-refractivity contribution in [3.05, 3.63) is 35.7 Å². The molecule has 0 aliphatic heterocycles. The summed E-state index contributed by atoms with van der Waals surface area (Å²) in [4.78, 5) is 4.35. The maximum atomic E-state index is 13.0. The predicted molar refractivity (Wildman–Crippen MR) is 80.2 cm³/mol. The van der Waals surface area contributed by atoms with Gasteiger partial charge >= 0.3 is 6.18 Å². The molecule has 0 bridgehead atoms. The third kappa shape index (κ3) is 3.43. The Morgan fingerprint density at radius 1 is 1.26 bits per heavy atom. The lowest BCUT2D eigenvalue weighted by Gasteiger charge is -2.14. The van der Waals surface area contributed by atoms with Crippen molar-refractivity contribution in [2.24, 2.45) is 0 Å². The van der Waals surface area contributed by atoms with E-state index in [9.17, 15) is 13.2 Å². The van der Waals surface area contributed by atoms with Crippen molar-refractivity contribution in [2.45, 2.75) is 64.2 Å². The molecule has 3 rings (SSSR count). The van der Waals surface area contributed by atoms with Gasteiger partial charge in [0.1, 0.15) is 0 Å². The molecule has 4 nitrogen and oxygen atoms in total. The number of imidazole rings is 1. The minimum absolute atomic E-state index is 0.155. The topological polar surface area (TPSA) is 35.6 Å². The van der Waals surface area contributed by atoms with Gasteiger partial charge in [-0.2, -0.15) is 18.3 Å². The summed E-state index contributed by atoms with van der Waals surface area (Å²) >= 11 is 0. The normalized spacial score (nSPS) is 17.0. The fourth-order valence-corrected chi connectivity index (χ4v) is 2.74. The Bertz CT molecular complexity index is 680. The van der Waals surface area contributed by atoms with E-state index in [-0.39, 0.29) is 12.0 Å². The highest BCUT2D eigenvalue weighted by molar-refractivity contribution is 5.22. The van der Waals surface area contributed by atoms with E-state index >= 15 is 0 Å². The molecular formula is C16H21F3N4. The number of nitrogens with zero attached hydrogens (tertiary/aromatic N) is 4. The van der Waals surface area contributed by atoms with Gasteiger partial charge in [-0.1, -0.05) is 0 Å². The van der Waals surface area contributed by atoms with Gasteiger partial charge in [-0.05, 0) is 39.7 Å². The fourth-order valence-electron chi connectivity index (χ4n) is 2.74. The first kappa shape index (κ1) is 16.1. The van der Waals surface area contributed by atoms with Crippen LogP contribution in [0.1, 0.15) is 68.7 Å². The van der Waals surface area contributed by atoms with Crippen molar-refractivity contribution in [3.8, 4) is 0 Å². The second kappa shape index (κ2) is 5.69. The number of aromatic nitrogens is 4. The number of hydrogen-bond donors (Lipinski definition) is 0. The highest BCUT2D eigenvalue weighted by Crippen LogP contribution is 2.43. The average molecular weight is 326 g/mol. The van der Waals surface area contributed by atoms with Crippen molar-refractivity contribution in [3.63, 3.8) is 0 Å². The smallest absolute Gasteiger partial charge is 0.335 e. The average Bonchev–Trinajstić information content (AvgIpc) is 3.00. The second-order valence-corrected chi connectivity index (χ2v) is 6.63. The minimum atomic E-state index is -4.40. The van der Waals surface area contributed by atoms with Gasteiger partial charge in [0, 0.05) is 30.3 Å². The van der Waals surface area contributed by atoms with Crippen molar-refractivity contribution in [2.75, 3.05) is 0 Å². The van der Waals surface area contributed by atoms with Crippen LogP contribution >= 0.6 is 0 Å². The first-order valence-corrected chi connectivity index (χ1v) is 7.94. The second-order valence-electron chi connectivity index (χ2n) is 6.63. The summed E-state index contributed by atoms with van der Waals surface area (Å²) in [5.74, 6) is 0.217. The summed E-state index contributed by atoms with van der Waals surface area (Å²) < 4.78 is 42.4. The Kier molecular flexibility index (Phi) is 3.98. The van der Waals surface area contributed by atoms with Gasteiger partial charge in [0.05, 0.1) is 18.1 Å². The van der Waals surface area contributed by atoms with Gasteiger partial charge in [-0.25, -0.2) is 4.98 Å². The van der Waals surface area contributed by atoms with Gasteiger partial charge in [-0.15, -0.1) is 0 Å². The molecule has 0 aromatic carbocycles. The van der Waals surface area contributed by atoms with Crippen LogP contribution in [0, 0.1) is 0 Å². The van der Waals surface area contributed by atoms with E-state index in [1.807, 2.05) is 17.7 Å². The van der Waals surface area contributed by atoms with Crippen LogP contribution in [-0.2, 0) is 12.6 Å². The summed E-state index contributed by atoms with van der Waals surface area (Å²) in [6.45, 7) is 6.01. The maximum absolute atomic E-state index is 13.0. The molecule has 2 heterocycles. The molecular weight excluding hydrogens is 305 g/mol. The molecule has 1 fully saturated rings. The Balaban J connectivity index is 1.83. The van der Waals surface area contributed by atoms with E-state index in [0.717, 1.165) is 18.5 Å². The molecule has 0 radical (unpaired) electrons. The quantitative estimate of drug-likeness (QED) is 0.818. The highest BCUT2D eigenvalue weighted by atomic mass is 19.4. The van der Waals surface area contributed by atoms with Crippen LogP contribution < -0.4 is 0 Å². The van der Waals surface area contributed by atoms with Crippen LogP contribution in [0.4, 0.5) is 13.2 Å². The van der Waals surface area contributed by atoms with Crippen LogP contribution in [-0.4, -0.2) is 19.3 Å². The predicted octanol–water partition coefficient (Wildman–Crippen LogP) is 4.36. The third-order valence-corrected chi connectivity index (χ3v) is 4.22. The highest BCUT2D eigenvalue weighted by Gasteiger charge is 2.38. The van der Waals surface area contributed by atoms with E-state index in [0.29, 0.717) is 18.2 Å². The largest absolute Gasteiger partial charge is 0.435 e. The molecule has 1 saturated carbocycles. The van der Waals surface area contributed by atoms with Crippen LogP contribution in [0.5, 0.6) is 0 Å². The van der Waals surface area contributed by atoms with Crippen molar-refractivity contribution >= 4 is 0 Å². The van der Waals surface area contributed by atoms with Crippen LogP contribution in [0.25, 0.3) is 0 Å². The lowest BCUT2D eigenvalue weighted by atomic mass is 10.1. The molecule has 7 heteroatoms. The summed E-state index contributed by atoms with van der Waals surface area (Å²) in [7, 11) is 0. The van der Waals surface area contributed by atoms with Gasteiger partial charge in [0.25, 0.3) is 0 Å². The van der Waals surface area contributed by atoms with E-state index in [2.05, 4.69) is 23.9 Å². The molecule has 0 N–H and O–H groups in total. The maximum Gasteiger partial charge on any atom is 0.435 e. The molecule has 2 aromatic rings. The van der Waals surface area contributed by atoms with E-state index in [1.165, 1.54) is 6.07 Å². The van der Waals surface area contributed by atoms with E-state index in [1.54, 1.807) is 11.0 Å². The van der Waals surface area contributed by atoms with Gasteiger partial charge in [0.2, 0.25) is 0 Å². The Morgan fingerprint density at radius 2 is 1.96 bits per heavy atom. The molecule has 0 spiro atoms. The summed E-state index contributed by atoms with van der Waals surface area (Å²) in [6.07, 6.45) is 1.77. The zero-order valence-corrected chi connectivity index (χ0v) is 13.5. The van der Waals surface area contributed by atoms with Crippen LogP contribution in [0.2, 0.25) is 0 Å². The van der Waals surface area contributed by atoms with Crippen molar-refractivity contribution in [1.82, 2.24) is 19.3 Å². The van der Waals surface area contributed by atoms with Crippen molar-refractivity contribution < 1.29 is 13.2 Å². The zero-order valence-electron chi connectivity index (χ0n) is 13.5. The SMILES string of the molecule is CC(C)n1cnc(CC(C)n2nc(C(F)(F)F)cc2C2CC2)c1. The Hall–Kier alpha value is -1.79. The molecule has 23 heavy (non-hydrogen) atoms. The summed E-state index contributed by atoms with van der Waals surface area (Å²) in [6, 6.07) is 1.37. The molecule has 0 amide bonds. The van der Waals surface area contributed by atoms with Gasteiger partial charge < -0.3 is 4.57 Å². The first-order valence-electron chi connectivity index (χ1n) is 7.94. The number of rotatable bonds is 5. The molecule has 1 atom stereocenters.